The lowest BCUT2D eigenvalue weighted by atomic mass is 10.0. The first-order valence-corrected chi connectivity index (χ1v) is 13.7. The number of anilines is 1. The molecule has 0 radical (unpaired) electrons. The minimum absolute atomic E-state index is 0.0144. The average molecular weight is 590 g/mol. The molecule has 2 atom stereocenters. The number of alkyl halides is 3. The van der Waals surface area contributed by atoms with Crippen LogP contribution in [0.2, 0.25) is 0 Å². The maximum atomic E-state index is 12.8. The normalized spacial score (nSPS) is 15.8. The number of carboxylic acids is 1. The molecule has 9 nitrogen and oxygen atoms in total. The van der Waals surface area contributed by atoms with E-state index >= 15 is 0 Å². The number of benzene rings is 2. The molecule has 1 aromatic heterocycles. The molecule has 0 saturated carbocycles. The number of aromatic nitrogens is 2. The molecular formula is C28H30F3N5O4S. The smallest absolute Gasteiger partial charge is 0.475 e. The van der Waals surface area contributed by atoms with Crippen LogP contribution in [-0.4, -0.2) is 57.9 Å². The highest BCUT2D eigenvalue weighted by atomic mass is 32.1. The van der Waals surface area contributed by atoms with E-state index in [-0.39, 0.29) is 23.9 Å². The molecule has 4 N–H and O–H groups in total. The Balaban J connectivity index is 0.000000587. The first kappa shape index (κ1) is 31.4. The van der Waals surface area contributed by atoms with E-state index in [2.05, 4.69) is 38.3 Å². The van der Waals surface area contributed by atoms with Crippen LogP contribution in [0.5, 0.6) is 0 Å². The number of nitrogens with zero attached hydrogens (tertiary/aromatic N) is 2. The van der Waals surface area contributed by atoms with Crippen molar-refractivity contribution in [2.45, 2.75) is 50.4 Å². The van der Waals surface area contributed by atoms with Crippen molar-refractivity contribution < 1.29 is 32.7 Å². The maximum Gasteiger partial charge on any atom is 0.490 e. The van der Waals surface area contributed by atoms with Gasteiger partial charge in [-0.1, -0.05) is 84.5 Å². The van der Waals surface area contributed by atoms with E-state index in [0.29, 0.717) is 11.6 Å². The molecule has 13 heteroatoms. The van der Waals surface area contributed by atoms with Crippen LogP contribution in [-0.2, 0) is 20.8 Å². The Morgan fingerprint density at radius 3 is 2.32 bits per heavy atom. The van der Waals surface area contributed by atoms with Gasteiger partial charge in [-0.2, -0.15) is 13.2 Å². The quantitative estimate of drug-likeness (QED) is 0.268. The predicted octanol–water partition coefficient (Wildman–Crippen LogP) is 4.59. The van der Waals surface area contributed by atoms with E-state index in [0.717, 1.165) is 42.8 Å². The fraction of sp³-hybridized carbons (Fsp3) is 0.321. The van der Waals surface area contributed by atoms with Crippen LogP contribution in [0.4, 0.5) is 18.3 Å². The Labute approximate surface area is 238 Å². The second-order valence-electron chi connectivity index (χ2n) is 9.07. The molecule has 41 heavy (non-hydrogen) atoms. The van der Waals surface area contributed by atoms with Crippen molar-refractivity contribution >= 4 is 34.3 Å². The summed E-state index contributed by atoms with van der Waals surface area (Å²) < 4.78 is 31.7. The van der Waals surface area contributed by atoms with Crippen LogP contribution in [0.1, 0.15) is 31.2 Å². The van der Waals surface area contributed by atoms with E-state index in [4.69, 9.17) is 9.90 Å². The fourth-order valence-electron chi connectivity index (χ4n) is 3.86. The molecule has 2 heterocycles. The summed E-state index contributed by atoms with van der Waals surface area (Å²) in [6.07, 6.45) is 2.62. The largest absolute Gasteiger partial charge is 0.490 e. The van der Waals surface area contributed by atoms with Gasteiger partial charge < -0.3 is 15.7 Å². The molecule has 0 aliphatic carbocycles. The van der Waals surface area contributed by atoms with Crippen molar-refractivity contribution in [2.24, 2.45) is 0 Å². The summed E-state index contributed by atoms with van der Waals surface area (Å²) >= 11 is 1.32. The van der Waals surface area contributed by atoms with Crippen molar-refractivity contribution in [1.29, 1.82) is 0 Å². The molecular weight excluding hydrogens is 559 g/mol. The second kappa shape index (κ2) is 15.6. The number of hydrogen-bond acceptors (Lipinski definition) is 7. The molecule has 2 aromatic carbocycles. The van der Waals surface area contributed by atoms with Crippen molar-refractivity contribution in [3.05, 3.63) is 78.4 Å². The fourth-order valence-corrected chi connectivity index (χ4v) is 4.62. The number of aryl methyl sites for hydroxylation is 1. The summed E-state index contributed by atoms with van der Waals surface area (Å²) in [4.78, 5) is 34.2. The topological polar surface area (TPSA) is 133 Å². The number of aliphatic carboxylic acids is 1. The number of carbonyl (C=O) groups is 3. The van der Waals surface area contributed by atoms with Crippen LogP contribution < -0.4 is 16.0 Å². The average Bonchev–Trinajstić information content (AvgIpc) is 3.44. The second-order valence-corrected chi connectivity index (χ2v) is 10.0. The van der Waals surface area contributed by atoms with Gasteiger partial charge in [0.1, 0.15) is 5.01 Å². The summed E-state index contributed by atoms with van der Waals surface area (Å²) in [5, 5.41) is 25.7. The van der Waals surface area contributed by atoms with E-state index in [1.165, 1.54) is 23.0 Å². The highest BCUT2D eigenvalue weighted by molar-refractivity contribution is 7.18. The SMILES string of the molecule is O=C(C=C[C@H](CCc1ccccc1)NC(=O)[C@@H]1CCCCN1)Nc1nnc(-c2ccccc2)s1.O=C(O)C(F)(F)F. The highest BCUT2D eigenvalue weighted by Gasteiger charge is 2.38. The number of amides is 2. The first-order valence-electron chi connectivity index (χ1n) is 12.9. The molecule has 0 bridgehead atoms. The number of piperidine rings is 1. The monoisotopic (exact) mass is 589 g/mol. The zero-order chi connectivity index (χ0) is 29.7. The number of hydrogen-bond donors (Lipinski definition) is 4. The Morgan fingerprint density at radius 2 is 1.71 bits per heavy atom. The van der Waals surface area contributed by atoms with Crippen molar-refractivity contribution in [2.75, 3.05) is 11.9 Å². The van der Waals surface area contributed by atoms with Crippen LogP contribution >= 0.6 is 11.3 Å². The summed E-state index contributed by atoms with van der Waals surface area (Å²) in [5.74, 6) is -3.07. The molecule has 2 amide bonds. The van der Waals surface area contributed by atoms with E-state index < -0.39 is 12.1 Å². The molecule has 0 spiro atoms. The van der Waals surface area contributed by atoms with Crippen molar-refractivity contribution in [3.8, 4) is 10.6 Å². The minimum Gasteiger partial charge on any atom is -0.475 e. The van der Waals surface area contributed by atoms with Crippen LogP contribution in [0.3, 0.4) is 0 Å². The van der Waals surface area contributed by atoms with Crippen LogP contribution in [0, 0.1) is 0 Å². The van der Waals surface area contributed by atoms with Gasteiger partial charge in [-0.05, 0) is 37.8 Å². The number of rotatable bonds is 9. The number of halogens is 3. The third-order valence-corrected chi connectivity index (χ3v) is 6.83. The third-order valence-electron chi connectivity index (χ3n) is 5.94. The summed E-state index contributed by atoms with van der Waals surface area (Å²) in [6.45, 7) is 0.859. The molecule has 3 aromatic rings. The van der Waals surface area contributed by atoms with Gasteiger partial charge in [-0.25, -0.2) is 4.79 Å². The van der Waals surface area contributed by atoms with Gasteiger partial charge >= 0.3 is 12.1 Å². The lowest BCUT2D eigenvalue weighted by molar-refractivity contribution is -0.192. The molecule has 0 unspecified atom stereocenters. The lowest BCUT2D eigenvalue weighted by Crippen LogP contribution is -2.49. The molecule has 4 rings (SSSR count). The van der Waals surface area contributed by atoms with Gasteiger partial charge in [0.2, 0.25) is 16.9 Å². The van der Waals surface area contributed by atoms with Crippen molar-refractivity contribution in [1.82, 2.24) is 20.8 Å². The van der Waals surface area contributed by atoms with Gasteiger partial charge in [0, 0.05) is 17.7 Å². The van der Waals surface area contributed by atoms with Crippen molar-refractivity contribution in [3.63, 3.8) is 0 Å². The van der Waals surface area contributed by atoms with E-state index in [1.807, 2.05) is 48.5 Å². The number of carbonyl (C=O) groups excluding carboxylic acids is 2. The summed E-state index contributed by atoms with van der Waals surface area (Å²) in [6, 6.07) is 19.4. The first-order chi connectivity index (χ1) is 19.6. The molecule has 218 valence electrons. The van der Waals surface area contributed by atoms with Crippen LogP contribution in [0.25, 0.3) is 10.6 Å². The molecule has 1 aliphatic heterocycles. The minimum atomic E-state index is -5.08. The van der Waals surface area contributed by atoms with Gasteiger partial charge in [-0.3, -0.25) is 14.9 Å². The van der Waals surface area contributed by atoms with Gasteiger partial charge in [-0.15, -0.1) is 10.2 Å². The lowest BCUT2D eigenvalue weighted by Gasteiger charge is -2.25. The number of carboxylic acid groups (broad SMARTS) is 1. The Hall–Kier alpha value is -4.10. The summed E-state index contributed by atoms with van der Waals surface area (Å²) in [7, 11) is 0. The standard InChI is InChI=1S/C26H29N5O2S.C2HF3O2/c32-23(29-26-31-30-25(34-26)20-11-5-2-6-12-20)17-16-21(15-14-19-9-3-1-4-10-19)28-24(33)22-13-7-8-18-27-22;3-2(4,5)1(6)7/h1-6,9-12,16-17,21-22,27H,7-8,13-15,18H2,(H,28,33)(H,29,31,32);(H,6,7)/t21-,22-;/m0./s1. The van der Waals surface area contributed by atoms with E-state index in [1.54, 1.807) is 6.08 Å². The maximum absolute atomic E-state index is 12.8. The zero-order valence-electron chi connectivity index (χ0n) is 21.9. The molecule has 1 aliphatic rings. The Kier molecular flexibility index (Phi) is 12.0. The van der Waals surface area contributed by atoms with Gasteiger partial charge in [0.15, 0.2) is 0 Å². The number of nitrogens with one attached hydrogen (secondary N) is 3. The molecule has 1 saturated heterocycles. The molecule has 1 fully saturated rings. The zero-order valence-corrected chi connectivity index (χ0v) is 22.8. The third kappa shape index (κ3) is 11.1. The summed E-state index contributed by atoms with van der Waals surface area (Å²) in [5.41, 5.74) is 2.15. The van der Waals surface area contributed by atoms with E-state index in [9.17, 15) is 22.8 Å². The Morgan fingerprint density at radius 1 is 1.05 bits per heavy atom. The van der Waals surface area contributed by atoms with Gasteiger partial charge in [0.05, 0.1) is 6.04 Å². The highest BCUT2D eigenvalue weighted by Crippen LogP contribution is 2.25. The Bertz CT molecular complexity index is 1300. The van der Waals surface area contributed by atoms with Gasteiger partial charge in [0.25, 0.3) is 0 Å². The van der Waals surface area contributed by atoms with Crippen LogP contribution in [0.15, 0.2) is 72.8 Å². The predicted molar refractivity (Wildman–Crippen MR) is 149 cm³/mol.